The van der Waals surface area contributed by atoms with Crippen LogP contribution in [0.5, 0.6) is 0 Å². The van der Waals surface area contributed by atoms with Gasteiger partial charge in [0, 0.05) is 25.5 Å². The summed E-state index contributed by atoms with van der Waals surface area (Å²) in [7, 11) is 3.92. The zero-order valence-electron chi connectivity index (χ0n) is 15.6. The predicted molar refractivity (Wildman–Crippen MR) is 98.3 cm³/mol. The van der Waals surface area contributed by atoms with E-state index in [9.17, 15) is 9.59 Å². The highest BCUT2D eigenvalue weighted by Gasteiger charge is 2.32. The molecule has 0 aromatic heterocycles. The summed E-state index contributed by atoms with van der Waals surface area (Å²) < 4.78 is 5.42. The number of hydrogen-bond acceptors (Lipinski definition) is 4. The molecule has 6 heteroatoms. The number of esters is 1. The van der Waals surface area contributed by atoms with Crippen LogP contribution in [0.2, 0.25) is 0 Å². The lowest BCUT2D eigenvalue weighted by Crippen LogP contribution is -2.45. The molecule has 0 spiro atoms. The first-order valence-electron chi connectivity index (χ1n) is 8.52. The maximum absolute atomic E-state index is 12.6. The highest BCUT2D eigenvalue weighted by atomic mass is 16.5. The number of urea groups is 1. The number of rotatable bonds is 6. The van der Waals surface area contributed by atoms with Crippen LogP contribution in [-0.2, 0) is 9.53 Å². The largest absolute Gasteiger partial charge is 0.462 e. The van der Waals surface area contributed by atoms with Gasteiger partial charge in [0.1, 0.15) is 0 Å². The predicted octanol–water partition coefficient (Wildman–Crippen LogP) is 2.97. The Bertz CT molecular complexity index is 663. The number of benzene rings is 1. The fraction of sp³-hybridized carbons (Fsp3) is 0.474. The normalized spacial score (nSPS) is 17.2. The number of ether oxygens (including phenoxy) is 1. The smallest absolute Gasteiger partial charge is 0.338 e. The van der Waals surface area contributed by atoms with Crippen molar-refractivity contribution in [1.29, 1.82) is 0 Å². The molecule has 0 radical (unpaired) electrons. The van der Waals surface area contributed by atoms with Crippen LogP contribution in [-0.4, -0.2) is 32.7 Å². The van der Waals surface area contributed by atoms with Crippen LogP contribution in [0, 0.1) is 5.92 Å². The van der Waals surface area contributed by atoms with Crippen LogP contribution in [0.15, 0.2) is 35.5 Å². The molecule has 1 aliphatic heterocycles. The average Bonchev–Trinajstić information content (AvgIpc) is 2.53. The van der Waals surface area contributed by atoms with Crippen LogP contribution in [0.25, 0.3) is 0 Å². The van der Waals surface area contributed by atoms with Crippen LogP contribution in [0.3, 0.4) is 0 Å². The van der Waals surface area contributed by atoms with E-state index in [1.165, 1.54) is 0 Å². The van der Waals surface area contributed by atoms with E-state index in [1.807, 2.05) is 43.3 Å². The summed E-state index contributed by atoms with van der Waals surface area (Å²) in [6, 6.07) is 6.91. The van der Waals surface area contributed by atoms with Gasteiger partial charge in [-0.25, -0.2) is 9.59 Å². The Balaban J connectivity index is 2.25. The molecule has 25 heavy (non-hydrogen) atoms. The number of carbonyl (C=O) groups is 2. The zero-order valence-corrected chi connectivity index (χ0v) is 15.6. The number of allylic oxidation sites excluding steroid dienone is 1. The molecule has 2 N–H and O–H groups in total. The summed E-state index contributed by atoms with van der Waals surface area (Å²) in [5.41, 5.74) is 2.86. The third-order valence-corrected chi connectivity index (χ3v) is 4.16. The molecule has 0 saturated heterocycles. The quantitative estimate of drug-likeness (QED) is 0.778. The Hall–Kier alpha value is -2.50. The van der Waals surface area contributed by atoms with Gasteiger partial charge in [-0.15, -0.1) is 0 Å². The van der Waals surface area contributed by atoms with Gasteiger partial charge in [0.15, 0.2) is 0 Å². The molecule has 0 fully saturated rings. The van der Waals surface area contributed by atoms with Gasteiger partial charge >= 0.3 is 12.0 Å². The van der Waals surface area contributed by atoms with Crippen molar-refractivity contribution in [3.8, 4) is 0 Å². The molecule has 0 bridgehead atoms. The van der Waals surface area contributed by atoms with Crippen LogP contribution < -0.4 is 15.5 Å². The molecule has 1 atom stereocenters. The Kier molecular flexibility index (Phi) is 6.07. The molecule has 6 nitrogen and oxygen atoms in total. The Labute approximate surface area is 149 Å². The molecule has 0 saturated carbocycles. The summed E-state index contributed by atoms with van der Waals surface area (Å²) in [5.74, 6) is 0.0637. The van der Waals surface area contributed by atoms with E-state index >= 15 is 0 Å². The molecule has 2 rings (SSSR count). The topological polar surface area (TPSA) is 70.7 Å². The van der Waals surface area contributed by atoms with E-state index in [1.54, 1.807) is 6.92 Å². The monoisotopic (exact) mass is 345 g/mol. The van der Waals surface area contributed by atoms with Crippen molar-refractivity contribution in [2.75, 3.05) is 25.6 Å². The summed E-state index contributed by atoms with van der Waals surface area (Å²) in [5, 5.41) is 5.48. The first-order chi connectivity index (χ1) is 11.8. The highest BCUT2D eigenvalue weighted by molar-refractivity contribution is 5.95. The number of carbonyl (C=O) groups excluding carboxylic acids is 2. The molecule has 136 valence electrons. The minimum Gasteiger partial charge on any atom is -0.462 e. The second kappa shape index (κ2) is 8.05. The molecular formula is C19H27N3O3. The van der Waals surface area contributed by atoms with E-state index < -0.39 is 12.0 Å². The van der Waals surface area contributed by atoms with Crippen molar-refractivity contribution in [2.24, 2.45) is 5.92 Å². The summed E-state index contributed by atoms with van der Waals surface area (Å²) in [4.78, 5) is 26.5. The molecule has 1 aromatic rings. The maximum Gasteiger partial charge on any atom is 0.338 e. The second-order valence-electron chi connectivity index (χ2n) is 6.87. The molecule has 2 amide bonds. The minimum absolute atomic E-state index is 0.321. The van der Waals surface area contributed by atoms with Crippen LogP contribution >= 0.6 is 0 Å². The standard InChI is InChI=1S/C19H27N3O3/c1-12(2)10-11-25-18(23)16-13(3)20-19(24)21-17(16)14-6-8-15(9-7-14)22(4)5/h6-9,12,17H,10-11H2,1-5H3,(H2,20,21,24)/t17-/m0/s1. The lowest BCUT2D eigenvalue weighted by molar-refractivity contribution is -0.139. The first-order valence-corrected chi connectivity index (χ1v) is 8.52. The van der Waals surface area contributed by atoms with E-state index in [0.717, 1.165) is 17.7 Å². The fourth-order valence-electron chi connectivity index (χ4n) is 2.64. The maximum atomic E-state index is 12.6. The SMILES string of the molecule is CC1=C(C(=O)OCCC(C)C)[C@H](c2ccc(N(C)C)cc2)NC(=O)N1. The molecule has 0 unspecified atom stereocenters. The lowest BCUT2D eigenvalue weighted by atomic mass is 9.95. The second-order valence-corrected chi connectivity index (χ2v) is 6.87. The Morgan fingerprint density at radius 2 is 1.88 bits per heavy atom. The van der Waals surface area contributed by atoms with Crippen LogP contribution in [0.4, 0.5) is 10.5 Å². The fourth-order valence-corrected chi connectivity index (χ4v) is 2.64. The number of nitrogens with zero attached hydrogens (tertiary/aromatic N) is 1. The van der Waals surface area contributed by atoms with E-state index in [-0.39, 0.29) is 6.03 Å². The highest BCUT2D eigenvalue weighted by Crippen LogP contribution is 2.28. The molecular weight excluding hydrogens is 318 g/mol. The van der Waals surface area contributed by atoms with Crippen molar-refractivity contribution in [2.45, 2.75) is 33.2 Å². The average molecular weight is 345 g/mol. The third kappa shape index (κ3) is 4.75. The summed E-state index contributed by atoms with van der Waals surface area (Å²) >= 11 is 0. The number of hydrogen-bond donors (Lipinski definition) is 2. The van der Waals surface area contributed by atoms with Gasteiger partial charge in [-0.05, 0) is 37.0 Å². The van der Waals surface area contributed by atoms with E-state index in [0.29, 0.717) is 23.8 Å². The molecule has 1 aliphatic rings. The van der Waals surface area contributed by atoms with Crippen molar-refractivity contribution in [3.05, 3.63) is 41.1 Å². The van der Waals surface area contributed by atoms with Crippen molar-refractivity contribution in [3.63, 3.8) is 0 Å². The third-order valence-electron chi connectivity index (χ3n) is 4.16. The van der Waals surface area contributed by atoms with Gasteiger partial charge in [-0.1, -0.05) is 26.0 Å². The summed E-state index contributed by atoms with van der Waals surface area (Å²) in [6.45, 7) is 6.25. The Morgan fingerprint density at radius 1 is 1.24 bits per heavy atom. The van der Waals surface area contributed by atoms with Gasteiger partial charge in [-0.2, -0.15) is 0 Å². The summed E-state index contributed by atoms with van der Waals surface area (Å²) in [6.07, 6.45) is 0.806. The van der Waals surface area contributed by atoms with Crippen LogP contribution in [0.1, 0.15) is 38.8 Å². The van der Waals surface area contributed by atoms with Crippen molar-refractivity contribution >= 4 is 17.7 Å². The molecule has 1 heterocycles. The number of anilines is 1. The van der Waals surface area contributed by atoms with Gasteiger partial charge < -0.3 is 20.3 Å². The van der Waals surface area contributed by atoms with Gasteiger partial charge in [0.2, 0.25) is 0 Å². The molecule has 0 aliphatic carbocycles. The minimum atomic E-state index is -0.517. The first kappa shape index (κ1) is 18.8. The zero-order chi connectivity index (χ0) is 18.6. The Morgan fingerprint density at radius 3 is 2.44 bits per heavy atom. The lowest BCUT2D eigenvalue weighted by Gasteiger charge is -2.28. The van der Waals surface area contributed by atoms with E-state index in [2.05, 4.69) is 24.5 Å². The molecule has 1 aromatic carbocycles. The van der Waals surface area contributed by atoms with E-state index in [4.69, 9.17) is 4.74 Å². The van der Waals surface area contributed by atoms with Gasteiger partial charge in [0.05, 0.1) is 18.2 Å². The van der Waals surface area contributed by atoms with Crippen molar-refractivity contribution < 1.29 is 14.3 Å². The van der Waals surface area contributed by atoms with Crippen molar-refractivity contribution in [1.82, 2.24) is 10.6 Å². The van der Waals surface area contributed by atoms with Gasteiger partial charge in [0.25, 0.3) is 0 Å². The number of amides is 2. The number of nitrogens with one attached hydrogen (secondary N) is 2. The van der Waals surface area contributed by atoms with Gasteiger partial charge in [-0.3, -0.25) is 0 Å².